The second-order valence-electron chi connectivity index (χ2n) is 7.32. The van der Waals surface area contributed by atoms with Crippen LogP contribution in [0.15, 0.2) is 47.4 Å². The summed E-state index contributed by atoms with van der Waals surface area (Å²) in [5.41, 5.74) is 3.08. The molecule has 0 aliphatic rings. The molecule has 0 saturated carbocycles. The van der Waals surface area contributed by atoms with Crippen molar-refractivity contribution in [2.24, 2.45) is 0 Å². The number of amides is 1. The number of nitrogens with one attached hydrogen (secondary N) is 3. The molecular formula is C22H29N3O3S2. The van der Waals surface area contributed by atoms with E-state index in [2.05, 4.69) is 22.3 Å². The second kappa shape index (κ2) is 11.1. The number of hydrogen-bond donors (Lipinski definition) is 3. The summed E-state index contributed by atoms with van der Waals surface area (Å²) >= 11 is 5.16. The Morgan fingerprint density at radius 2 is 1.57 bits per heavy atom. The Balaban J connectivity index is 1.93. The van der Waals surface area contributed by atoms with Gasteiger partial charge in [0.05, 0.1) is 4.90 Å². The van der Waals surface area contributed by atoms with Crippen molar-refractivity contribution in [3.05, 3.63) is 53.6 Å². The fourth-order valence-electron chi connectivity index (χ4n) is 3.03. The molecule has 6 nitrogen and oxygen atoms in total. The van der Waals surface area contributed by atoms with E-state index >= 15 is 0 Å². The first-order chi connectivity index (χ1) is 14.2. The Hall–Kier alpha value is -2.45. The second-order valence-corrected chi connectivity index (χ2v) is 9.41. The van der Waals surface area contributed by atoms with Crippen molar-refractivity contribution in [2.75, 3.05) is 10.0 Å². The summed E-state index contributed by atoms with van der Waals surface area (Å²) in [6, 6.07) is 11.7. The summed E-state index contributed by atoms with van der Waals surface area (Å²) in [6.45, 7) is 5.95. The minimum absolute atomic E-state index is 0.125. The topological polar surface area (TPSA) is 87.3 Å². The van der Waals surface area contributed by atoms with E-state index in [4.69, 9.17) is 12.2 Å². The average molecular weight is 448 g/mol. The van der Waals surface area contributed by atoms with Crippen LogP contribution in [0.3, 0.4) is 0 Å². The lowest BCUT2D eigenvalue weighted by atomic mass is 10.1. The van der Waals surface area contributed by atoms with Gasteiger partial charge in [0.2, 0.25) is 5.91 Å². The van der Waals surface area contributed by atoms with Gasteiger partial charge in [-0.2, -0.15) is 0 Å². The van der Waals surface area contributed by atoms with Crippen LogP contribution in [-0.2, 0) is 14.8 Å². The van der Waals surface area contributed by atoms with Crippen molar-refractivity contribution in [3.63, 3.8) is 0 Å². The summed E-state index contributed by atoms with van der Waals surface area (Å²) in [5.74, 6) is -0.125. The number of benzene rings is 2. The van der Waals surface area contributed by atoms with E-state index in [1.807, 2.05) is 19.9 Å². The lowest BCUT2D eigenvalue weighted by Crippen LogP contribution is -2.33. The first kappa shape index (κ1) is 23.8. The van der Waals surface area contributed by atoms with E-state index in [0.29, 0.717) is 17.8 Å². The molecule has 2 aromatic carbocycles. The Labute approximate surface area is 184 Å². The van der Waals surface area contributed by atoms with Crippen LogP contribution < -0.4 is 15.4 Å². The molecule has 8 heteroatoms. The van der Waals surface area contributed by atoms with Crippen molar-refractivity contribution >= 4 is 44.6 Å². The molecule has 0 saturated heterocycles. The fraction of sp³-hybridized carbons (Fsp3) is 0.364. The number of unbranched alkanes of at least 4 members (excludes halogenated alkanes) is 3. The van der Waals surface area contributed by atoms with E-state index in [0.717, 1.165) is 36.8 Å². The van der Waals surface area contributed by atoms with Gasteiger partial charge in [-0.25, -0.2) is 8.42 Å². The number of aryl methyl sites for hydroxylation is 2. The van der Waals surface area contributed by atoms with Crippen LogP contribution in [0.2, 0.25) is 0 Å². The van der Waals surface area contributed by atoms with Crippen molar-refractivity contribution in [1.82, 2.24) is 5.32 Å². The molecule has 2 rings (SSSR count). The molecule has 1 amide bonds. The van der Waals surface area contributed by atoms with Gasteiger partial charge in [0.1, 0.15) is 0 Å². The third kappa shape index (κ3) is 7.76. The number of hydrogen-bond acceptors (Lipinski definition) is 4. The Morgan fingerprint density at radius 3 is 2.17 bits per heavy atom. The third-order valence-corrected chi connectivity index (χ3v) is 6.01. The van der Waals surface area contributed by atoms with Crippen LogP contribution in [0.4, 0.5) is 11.4 Å². The van der Waals surface area contributed by atoms with E-state index < -0.39 is 10.0 Å². The number of carbonyl (C=O) groups excluding carboxylic acids is 1. The molecule has 0 aliphatic heterocycles. The molecule has 0 atom stereocenters. The van der Waals surface area contributed by atoms with Crippen LogP contribution in [0.25, 0.3) is 0 Å². The first-order valence-electron chi connectivity index (χ1n) is 10.0. The predicted octanol–water partition coefficient (Wildman–Crippen LogP) is 4.89. The van der Waals surface area contributed by atoms with E-state index in [9.17, 15) is 13.2 Å². The van der Waals surface area contributed by atoms with Crippen molar-refractivity contribution in [1.29, 1.82) is 0 Å². The maximum Gasteiger partial charge on any atom is 0.261 e. The average Bonchev–Trinajstić information content (AvgIpc) is 2.64. The highest BCUT2D eigenvalue weighted by atomic mass is 32.2. The van der Waals surface area contributed by atoms with Gasteiger partial charge in [-0.15, -0.1) is 0 Å². The molecule has 0 fully saturated rings. The predicted molar refractivity (Wildman–Crippen MR) is 126 cm³/mol. The van der Waals surface area contributed by atoms with E-state index in [1.165, 1.54) is 12.1 Å². The molecule has 30 heavy (non-hydrogen) atoms. The van der Waals surface area contributed by atoms with Gasteiger partial charge in [0.25, 0.3) is 10.0 Å². The Morgan fingerprint density at radius 1 is 0.933 bits per heavy atom. The molecule has 0 spiro atoms. The van der Waals surface area contributed by atoms with Gasteiger partial charge < -0.3 is 10.6 Å². The molecule has 3 N–H and O–H groups in total. The van der Waals surface area contributed by atoms with Gasteiger partial charge in [-0.05, 0) is 80.0 Å². The Bertz CT molecular complexity index is 967. The Kier molecular flexibility index (Phi) is 8.80. The zero-order chi connectivity index (χ0) is 22.1. The lowest BCUT2D eigenvalue weighted by Gasteiger charge is -2.12. The third-order valence-electron chi connectivity index (χ3n) is 4.41. The van der Waals surface area contributed by atoms with Crippen molar-refractivity contribution < 1.29 is 13.2 Å². The SMILES string of the molecule is CCCCCCC(=O)NC(=S)Nc1ccc(S(=O)(=O)Nc2cc(C)cc(C)c2)cc1. The smallest absolute Gasteiger partial charge is 0.261 e. The van der Waals surface area contributed by atoms with Crippen LogP contribution in [0.1, 0.15) is 50.2 Å². The summed E-state index contributed by atoms with van der Waals surface area (Å²) in [7, 11) is -3.71. The summed E-state index contributed by atoms with van der Waals surface area (Å²) in [5, 5.41) is 5.74. The highest BCUT2D eigenvalue weighted by Gasteiger charge is 2.15. The number of thiocarbonyl (C=S) groups is 1. The lowest BCUT2D eigenvalue weighted by molar-refractivity contribution is -0.119. The minimum atomic E-state index is -3.71. The molecule has 0 aliphatic carbocycles. The molecule has 0 bridgehead atoms. The van der Waals surface area contributed by atoms with Crippen LogP contribution >= 0.6 is 12.2 Å². The molecule has 2 aromatic rings. The molecular weight excluding hydrogens is 418 g/mol. The number of anilines is 2. The fourth-order valence-corrected chi connectivity index (χ4v) is 4.30. The van der Waals surface area contributed by atoms with Crippen LogP contribution in [-0.4, -0.2) is 19.4 Å². The molecule has 0 unspecified atom stereocenters. The standard InChI is InChI=1S/C22H29N3O3S2/c1-4-5-6-7-8-21(26)24-22(29)23-18-9-11-20(12-10-18)30(27,28)25-19-14-16(2)13-17(3)15-19/h9-15,25H,4-8H2,1-3H3,(H2,23,24,26,29). The highest BCUT2D eigenvalue weighted by molar-refractivity contribution is 7.92. The minimum Gasteiger partial charge on any atom is -0.332 e. The molecule has 0 aromatic heterocycles. The van der Waals surface area contributed by atoms with E-state index in [-0.39, 0.29) is 15.9 Å². The molecule has 162 valence electrons. The number of sulfonamides is 1. The van der Waals surface area contributed by atoms with Gasteiger partial charge in [0, 0.05) is 17.8 Å². The summed E-state index contributed by atoms with van der Waals surface area (Å²) in [6.07, 6.45) is 4.53. The largest absolute Gasteiger partial charge is 0.332 e. The van der Waals surface area contributed by atoms with E-state index in [1.54, 1.807) is 24.3 Å². The van der Waals surface area contributed by atoms with Crippen LogP contribution in [0, 0.1) is 13.8 Å². The van der Waals surface area contributed by atoms with Gasteiger partial charge in [-0.1, -0.05) is 32.3 Å². The maximum atomic E-state index is 12.6. The van der Waals surface area contributed by atoms with Gasteiger partial charge in [0.15, 0.2) is 5.11 Å². The molecule has 0 radical (unpaired) electrons. The monoisotopic (exact) mass is 447 g/mol. The molecule has 0 heterocycles. The zero-order valence-electron chi connectivity index (χ0n) is 17.6. The number of carbonyl (C=O) groups is 1. The van der Waals surface area contributed by atoms with Crippen LogP contribution in [0.5, 0.6) is 0 Å². The van der Waals surface area contributed by atoms with Crippen molar-refractivity contribution in [3.8, 4) is 0 Å². The maximum absolute atomic E-state index is 12.6. The first-order valence-corrected chi connectivity index (χ1v) is 11.9. The van der Waals surface area contributed by atoms with Gasteiger partial charge in [-0.3, -0.25) is 9.52 Å². The normalized spacial score (nSPS) is 11.0. The quantitative estimate of drug-likeness (QED) is 0.376. The van der Waals surface area contributed by atoms with Gasteiger partial charge >= 0.3 is 0 Å². The summed E-state index contributed by atoms with van der Waals surface area (Å²) < 4.78 is 27.9. The van der Waals surface area contributed by atoms with Crippen molar-refractivity contribution in [2.45, 2.75) is 57.8 Å². The summed E-state index contributed by atoms with van der Waals surface area (Å²) in [4.78, 5) is 12.0. The number of rotatable bonds is 9. The zero-order valence-corrected chi connectivity index (χ0v) is 19.3. The highest BCUT2D eigenvalue weighted by Crippen LogP contribution is 2.20.